The molecule has 0 bridgehead atoms. The van der Waals surface area contributed by atoms with Crippen LogP contribution in [-0.2, 0) is 10.9 Å². The van der Waals surface area contributed by atoms with Crippen molar-refractivity contribution in [2.75, 3.05) is 25.0 Å². The summed E-state index contributed by atoms with van der Waals surface area (Å²) in [6.45, 7) is 3.30. The van der Waals surface area contributed by atoms with E-state index < -0.39 is 36.0 Å². The predicted molar refractivity (Wildman–Crippen MR) is 108 cm³/mol. The number of aromatic nitrogens is 1. The minimum atomic E-state index is -4.67. The third-order valence-electron chi connectivity index (χ3n) is 4.76. The second kappa shape index (κ2) is 8.85. The van der Waals surface area contributed by atoms with Crippen LogP contribution >= 0.6 is 11.3 Å². The smallest absolute Gasteiger partial charge is 0.417 e. The van der Waals surface area contributed by atoms with Crippen molar-refractivity contribution in [2.45, 2.75) is 44.8 Å². The number of rotatable bonds is 4. The number of anilines is 1. The number of thiophene rings is 1. The van der Waals surface area contributed by atoms with Crippen LogP contribution in [0.4, 0.5) is 28.2 Å². The van der Waals surface area contributed by atoms with Crippen LogP contribution in [0.5, 0.6) is 0 Å². The topological polar surface area (TPSA) is 83.6 Å². The number of hydrogen-bond acceptors (Lipinski definition) is 6. The summed E-state index contributed by atoms with van der Waals surface area (Å²) >= 11 is 0.779. The van der Waals surface area contributed by atoms with Gasteiger partial charge in [-0.05, 0) is 19.9 Å². The molecule has 0 radical (unpaired) electrons. The molecule has 1 fully saturated rings. The Balaban J connectivity index is 1.89. The molecular formula is C19H22F4N4O3S. The number of hydrogen-bond donors (Lipinski definition) is 2. The lowest BCUT2D eigenvalue weighted by atomic mass is 10.1. The molecule has 1 aliphatic heterocycles. The fraction of sp³-hybridized carbons (Fsp3) is 0.526. The summed E-state index contributed by atoms with van der Waals surface area (Å²) < 4.78 is 60.6. The molecule has 2 aromatic rings. The van der Waals surface area contributed by atoms with Gasteiger partial charge in [-0.15, -0.1) is 11.3 Å². The molecule has 2 aromatic heterocycles. The first-order valence-corrected chi connectivity index (χ1v) is 10.5. The second-order valence-corrected chi connectivity index (χ2v) is 8.31. The van der Waals surface area contributed by atoms with Gasteiger partial charge in [0.25, 0.3) is 5.91 Å². The fourth-order valence-corrected chi connectivity index (χ4v) is 4.32. The number of amides is 2. The number of piperidine rings is 1. The Morgan fingerprint density at radius 3 is 2.65 bits per heavy atom. The van der Waals surface area contributed by atoms with Crippen LogP contribution < -0.4 is 15.5 Å². The maximum Gasteiger partial charge on any atom is 0.417 e. The normalized spacial score (nSPS) is 19.5. The molecule has 2 atom stereocenters. The van der Waals surface area contributed by atoms with Crippen LogP contribution in [0.1, 0.15) is 36.2 Å². The summed E-state index contributed by atoms with van der Waals surface area (Å²) in [5.74, 6) is -0.647. The molecule has 3 heterocycles. The lowest BCUT2D eigenvalue weighted by Crippen LogP contribution is -2.48. The van der Waals surface area contributed by atoms with Crippen molar-refractivity contribution in [1.29, 1.82) is 0 Å². The molecule has 0 aromatic carbocycles. The Hall–Kier alpha value is -2.63. The van der Waals surface area contributed by atoms with Crippen molar-refractivity contribution < 1.29 is 31.9 Å². The lowest BCUT2D eigenvalue weighted by molar-refractivity contribution is -0.136. The van der Waals surface area contributed by atoms with E-state index in [1.807, 2.05) is 0 Å². The summed E-state index contributed by atoms with van der Waals surface area (Å²) in [7, 11) is 1.37. The van der Waals surface area contributed by atoms with Gasteiger partial charge in [0.05, 0.1) is 27.9 Å². The van der Waals surface area contributed by atoms with E-state index in [1.54, 1.807) is 13.8 Å². The van der Waals surface area contributed by atoms with Gasteiger partial charge in [-0.3, -0.25) is 4.79 Å². The van der Waals surface area contributed by atoms with Crippen LogP contribution in [-0.4, -0.2) is 55.4 Å². The number of nitrogens with zero attached hydrogens (tertiary/aromatic N) is 2. The number of alkyl carbamates (subject to hydrolysis) is 1. The van der Waals surface area contributed by atoms with Crippen LogP contribution in [0.3, 0.4) is 0 Å². The van der Waals surface area contributed by atoms with Crippen molar-refractivity contribution in [1.82, 2.24) is 15.6 Å². The third kappa shape index (κ3) is 5.00. The van der Waals surface area contributed by atoms with E-state index in [0.717, 1.165) is 17.4 Å². The van der Waals surface area contributed by atoms with Crippen molar-refractivity contribution >= 4 is 39.4 Å². The standard InChI is InChI=1S/C19H22F4N4O3S/c1-9(2)25-18(29)30-13-4-5-27(7-12(13)20)14-6-11(19(21,22)23)16-15(26-14)10(8-31-16)17(28)24-3/h6,8-9,12-13H,4-5,7H2,1-3H3,(H,24,28)(H,25,29)/t12-,13+/m1/s1. The first-order valence-electron chi connectivity index (χ1n) is 9.59. The molecule has 3 rings (SSSR count). The van der Waals surface area contributed by atoms with E-state index in [2.05, 4.69) is 15.6 Å². The van der Waals surface area contributed by atoms with Gasteiger partial charge in [0, 0.05) is 31.4 Å². The molecule has 0 aliphatic carbocycles. The Morgan fingerprint density at radius 1 is 1.35 bits per heavy atom. The molecule has 12 heteroatoms. The van der Waals surface area contributed by atoms with E-state index in [-0.39, 0.29) is 47.2 Å². The molecule has 2 N–H and O–H groups in total. The second-order valence-electron chi connectivity index (χ2n) is 7.43. The first-order chi connectivity index (χ1) is 14.5. The molecular weight excluding hydrogens is 440 g/mol. The average molecular weight is 462 g/mol. The zero-order chi connectivity index (χ0) is 22.9. The molecule has 0 unspecified atom stereocenters. The van der Waals surface area contributed by atoms with Gasteiger partial charge in [0.2, 0.25) is 0 Å². The van der Waals surface area contributed by atoms with Crippen LogP contribution in [0, 0.1) is 0 Å². The number of halogens is 4. The lowest BCUT2D eigenvalue weighted by Gasteiger charge is -2.35. The SMILES string of the molecule is CNC(=O)c1csc2c(C(F)(F)F)cc(N3CC[C@H](OC(=O)NC(C)C)[C@H](F)C3)nc12. The monoisotopic (exact) mass is 462 g/mol. The molecule has 7 nitrogen and oxygen atoms in total. The molecule has 2 amide bonds. The van der Waals surface area contributed by atoms with Gasteiger partial charge in [-0.2, -0.15) is 13.2 Å². The minimum Gasteiger partial charge on any atom is -0.443 e. The van der Waals surface area contributed by atoms with Gasteiger partial charge in [0.1, 0.15) is 11.9 Å². The number of ether oxygens (including phenoxy) is 1. The molecule has 1 aliphatic rings. The number of nitrogens with one attached hydrogen (secondary N) is 2. The highest BCUT2D eigenvalue weighted by Crippen LogP contribution is 2.40. The quantitative estimate of drug-likeness (QED) is 0.677. The highest BCUT2D eigenvalue weighted by Gasteiger charge is 2.38. The van der Waals surface area contributed by atoms with Gasteiger partial charge in [-0.1, -0.05) is 0 Å². The van der Waals surface area contributed by atoms with Gasteiger partial charge < -0.3 is 20.3 Å². The zero-order valence-corrected chi connectivity index (χ0v) is 17.9. The van der Waals surface area contributed by atoms with Crippen LogP contribution in [0.2, 0.25) is 0 Å². The third-order valence-corrected chi connectivity index (χ3v) is 5.76. The van der Waals surface area contributed by atoms with Crippen molar-refractivity contribution in [3.05, 3.63) is 22.6 Å². The Labute approximate surface area is 179 Å². The molecule has 0 spiro atoms. The van der Waals surface area contributed by atoms with E-state index >= 15 is 0 Å². The average Bonchev–Trinajstić information content (AvgIpc) is 3.10. The summed E-state index contributed by atoms with van der Waals surface area (Å²) in [6, 6.07) is 0.689. The predicted octanol–water partition coefficient (Wildman–Crippen LogP) is 3.73. The summed E-state index contributed by atoms with van der Waals surface area (Å²) in [5, 5.41) is 6.20. The molecule has 1 saturated heterocycles. The van der Waals surface area contributed by atoms with Crippen LogP contribution in [0.15, 0.2) is 11.4 Å². The highest BCUT2D eigenvalue weighted by atomic mass is 32.1. The number of alkyl halides is 4. The number of carbonyl (C=O) groups excluding carboxylic acids is 2. The van der Waals surface area contributed by atoms with Gasteiger partial charge in [0.15, 0.2) is 6.17 Å². The zero-order valence-electron chi connectivity index (χ0n) is 17.0. The summed E-state index contributed by atoms with van der Waals surface area (Å²) in [6.07, 6.45) is -7.96. The molecule has 31 heavy (non-hydrogen) atoms. The maximum atomic E-state index is 14.7. The fourth-order valence-electron chi connectivity index (χ4n) is 3.29. The summed E-state index contributed by atoms with van der Waals surface area (Å²) in [4.78, 5) is 29.4. The van der Waals surface area contributed by atoms with E-state index in [1.165, 1.54) is 17.3 Å². The maximum absolute atomic E-state index is 14.7. The van der Waals surface area contributed by atoms with Crippen molar-refractivity contribution in [2.24, 2.45) is 0 Å². The van der Waals surface area contributed by atoms with Crippen molar-refractivity contribution in [3.8, 4) is 0 Å². The number of pyridine rings is 1. The summed E-state index contributed by atoms with van der Waals surface area (Å²) in [5.41, 5.74) is -0.993. The molecule has 170 valence electrons. The molecule has 0 saturated carbocycles. The van der Waals surface area contributed by atoms with Gasteiger partial charge >= 0.3 is 12.3 Å². The Morgan fingerprint density at radius 2 is 2.06 bits per heavy atom. The number of fused-ring (bicyclic) bond motifs is 1. The Bertz CT molecular complexity index is 979. The van der Waals surface area contributed by atoms with E-state index in [0.29, 0.717) is 0 Å². The Kier molecular flexibility index (Phi) is 6.58. The first kappa shape index (κ1) is 23.0. The minimum absolute atomic E-state index is 0.0234. The van der Waals surface area contributed by atoms with Crippen molar-refractivity contribution in [3.63, 3.8) is 0 Å². The highest BCUT2D eigenvalue weighted by molar-refractivity contribution is 7.17. The van der Waals surface area contributed by atoms with Crippen LogP contribution in [0.25, 0.3) is 10.2 Å². The van der Waals surface area contributed by atoms with Gasteiger partial charge in [-0.25, -0.2) is 14.2 Å². The largest absolute Gasteiger partial charge is 0.443 e. The van der Waals surface area contributed by atoms with E-state index in [9.17, 15) is 27.2 Å². The number of carbonyl (C=O) groups is 2. The van der Waals surface area contributed by atoms with E-state index in [4.69, 9.17) is 4.74 Å².